The summed E-state index contributed by atoms with van der Waals surface area (Å²) in [5.74, 6) is -1.53. The van der Waals surface area contributed by atoms with E-state index in [4.69, 9.17) is 14.9 Å². The summed E-state index contributed by atoms with van der Waals surface area (Å²) in [6, 6.07) is 4.91. The maximum absolute atomic E-state index is 13.0. The number of hydrogen-bond acceptors (Lipinski definition) is 7. The molecule has 2 atom stereocenters. The lowest BCUT2D eigenvalue weighted by Crippen LogP contribution is -2.48. The van der Waals surface area contributed by atoms with E-state index in [1.54, 1.807) is 13.8 Å². The Hall–Kier alpha value is -3.20. The van der Waals surface area contributed by atoms with Gasteiger partial charge in [0.2, 0.25) is 5.91 Å². The Morgan fingerprint density at radius 1 is 1.25 bits per heavy atom. The summed E-state index contributed by atoms with van der Waals surface area (Å²) >= 11 is 0. The first kappa shape index (κ1) is 25.1. The number of carbonyl (C=O) groups is 3. The number of nitrogens with zero attached hydrogens (tertiary/aromatic N) is 1. The zero-order chi connectivity index (χ0) is 23.8. The molecule has 3 N–H and O–H groups in total. The summed E-state index contributed by atoms with van der Waals surface area (Å²) in [6.45, 7) is 3.41. The Morgan fingerprint density at radius 3 is 2.56 bits per heavy atom. The quantitative estimate of drug-likeness (QED) is 0.341. The summed E-state index contributed by atoms with van der Waals surface area (Å²) in [5.41, 5.74) is 2.87. The molecule has 32 heavy (non-hydrogen) atoms. The van der Waals surface area contributed by atoms with Crippen LogP contribution >= 0.6 is 0 Å². The van der Waals surface area contributed by atoms with Crippen LogP contribution in [0.2, 0.25) is 0 Å². The number of aromatic amines is 1. The highest BCUT2D eigenvalue weighted by Gasteiger charge is 2.28. The highest BCUT2D eigenvalue weighted by molar-refractivity contribution is 6.26. The van der Waals surface area contributed by atoms with Crippen molar-refractivity contribution in [3.05, 3.63) is 30.0 Å². The fraction of sp³-hybridized carbons (Fsp3) is 0.478. The molecule has 2 aromatic rings. The van der Waals surface area contributed by atoms with Gasteiger partial charge in [-0.25, -0.2) is 4.79 Å². The van der Waals surface area contributed by atoms with Crippen LogP contribution in [0.5, 0.6) is 0 Å². The molecule has 174 valence electrons. The maximum Gasteiger partial charge on any atom is 0.328 e. The van der Waals surface area contributed by atoms with Gasteiger partial charge in [-0.3, -0.25) is 9.59 Å². The molecule has 0 aliphatic heterocycles. The average Bonchev–Trinajstić information content (AvgIpc) is 3.16. The Bertz CT molecular complexity index is 966. The van der Waals surface area contributed by atoms with Crippen LogP contribution < -0.4 is 10.2 Å². The molecule has 0 spiro atoms. The number of ether oxygens (including phenoxy) is 2. The Morgan fingerprint density at radius 2 is 1.97 bits per heavy atom. The first-order valence-electron chi connectivity index (χ1n) is 10.5. The number of esters is 1. The average molecular weight is 445 g/mol. The van der Waals surface area contributed by atoms with Gasteiger partial charge in [-0.15, -0.1) is 0 Å². The summed E-state index contributed by atoms with van der Waals surface area (Å²) in [6.07, 6.45) is 1.62. The van der Waals surface area contributed by atoms with Crippen LogP contribution in [0.3, 0.4) is 0 Å². The first-order valence-corrected chi connectivity index (χ1v) is 10.5. The summed E-state index contributed by atoms with van der Waals surface area (Å²) in [7, 11) is 5.34. The molecule has 1 aromatic carbocycles. The third-order valence-corrected chi connectivity index (χ3v) is 5.02. The number of benzene rings is 1. The molecule has 0 aliphatic rings. The van der Waals surface area contributed by atoms with Gasteiger partial charge in [-0.05, 0) is 38.0 Å². The van der Waals surface area contributed by atoms with Gasteiger partial charge in [0.05, 0.1) is 12.3 Å². The number of hydrogen-bond donors (Lipinski definition) is 3. The van der Waals surface area contributed by atoms with Crippen LogP contribution in [0.4, 0.5) is 5.69 Å². The van der Waals surface area contributed by atoms with Crippen LogP contribution in [0.15, 0.2) is 24.4 Å². The van der Waals surface area contributed by atoms with Crippen molar-refractivity contribution in [3.8, 4) is 0 Å². The van der Waals surface area contributed by atoms with Crippen molar-refractivity contribution < 1.29 is 23.9 Å². The molecule has 1 heterocycles. The second kappa shape index (κ2) is 11.4. The zero-order valence-electron chi connectivity index (χ0n) is 19.2. The molecule has 1 aromatic heterocycles. The van der Waals surface area contributed by atoms with Gasteiger partial charge in [0, 0.05) is 56.8 Å². The lowest BCUT2D eigenvalue weighted by molar-refractivity contribution is -0.152. The summed E-state index contributed by atoms with van der Waals surface area (Å²) in [4.78, 5) is 42.2. The number of aromatic nitrogens is 1. The van der Waals surface area contributed by atoms with E-state index >= 15 is 0 Å². The van der Waals surface area contributed by atoms with E-state index in [-0.39, 0.29) is 18.9 Å². The third-order valence-electron chi connectivity index (χ3n) is 5.02. The highest BCUT2D eigenvalue weighted by atomic mass is 16.5. The van der Waals surface area contributed by atoms with Gasteiger partial charge in [-0.2, -0.15) is 0 Å². The lowest BCUT2D eigenvalue weighted by Gasteiger charge is -2.22. The van der Waals surface area contributed by atoms with Crippen LogP contribution in [-0.4, -0.2) is 68.3 Å². The maximum atomic E-state index is 13.0. The van der Waals surface area contributed by atoms with E-state index in [0.717, 1.165) is 22.2 Å². The highest BCUT2D eigenvalue weighted by Crippen LogP contribution is 2.29. The topological polar surface area (TPSA) is 125 Å². The Kier molecular flexibility index (Phi) is 8.95. The van der Waals surface area contributed by atoms with E-state index in [0.29, 0.717) is 12.6 Å². The molecule has 0 saturated heterocycles. The fourth-order valence-electron chi connectivity index (χ4n) is 3.44. The number of Topliss-reactive ketones (excluding diaryl/α,β-unsaturated/α-hetero) is 1. The predicted octanol–water partition coefficient (Wildman–Crippen LogP) is 2.23. The molecule has 1 amide bonds. The number of methoxy groups -OCH3 is 1. The minimum Gasteiger partial charge on any atom is -0.461 e. The molecule has 0 aliphatic carbocycles. The molecule has 0 radical (unpaired) electrons. The zero-order valence-corrected chi connectivity index (χ0v) is 19.2. The minimum atomic E-state index is -1.01. The van der Waals surface area contributed by atoms with Crippen molar-refractivity contribution in [1.29, 1.82) is 5.41 Å². The second-order valence-corrected chi connectivity index (χ2v) is 8.03. The molecular formula is C23H32N4O5. The normalized spacial score (nSPS) is 12.9. The van der Waals surface area contributed by atoms with E-state index < -0.39 is 29.8 Å². The number of ketones is 1. The van der Waals surface area contributed by atoms with Crippen molar-refractivity contribution in [2.75, 3.05) is 26.1 Å². The van der Waals surface area contributed by atoms with E-state index in [1.807, 2.05) is 43.4 Å². The Labute approximate surface area is 188 Å². The van der Waals surface area contributed by atoms with E-state index in [9.17, 15) is 14.4 Å². The van der Waals surface area contributed by atoms with Crippen LogP contribution in [0.1, 0.15) is 32.3 Å². The molecule has 2 rings (SSSR count). The molecule has 9 nitrogen and oxygen atoms in total. The minimum absolute atomic E-state index is 0.0415. The fourth-order valence-corrected chi connectivity index (χ4v) is 3.44. The molecule has 9 heteroatoms. The molecule has 0 bridgehead atoms. The van der Waals surface area contributed by atoms with Gasteiger partial charge < -0.3 is 30.1 Å². The van der Waals surface area contributed by atoms with Crippen molar-refractivity contribution in [3.63, 3.8) is 0 Å². The van der Waals surface area contributed by atoms with Crippen molar-refractivity contribution in [1.82, 2.24) is 10.3 Å². The number of fused-ring (bicyclic) bond motifs is 1. The lowest BCUT2D eigenvalue weighted by atomic mass is 10.0. The van der Waals surface area contributed by atoms with Gasteiger partial charge in [0.25, 0.3) is 0 Å². The number of H-pyrrole nitrogens is 1. The standard InChI is InChI=1S/C23H32N4O5/c1-14(2)32-23(30)18(10-9-16(28)12-24)26-22(29)20(31-5)11-15-13-25-17-7-6-8-19(21(15)17)27(3)4/h6-8,12-14,18,20,24-25H,9-11H2,1-5H3,(H,26,29)/t18-,20-/m0/s1. The van der Waals surface area contributed by atoms with Gasteiger partial charge in [0.15, 0.2) is 5.78 Å². The summed E-state index contributed by atoms with van der Waals surface area (Å²) in [5, 5.41) is 10.7. The smallest absolute Gasteiger partial charge is 0.328 e. The predicted molar refractivity (Wildman–Crippen MR) is 123 cm³/mol. The second-order valence-electron chi connectivity index (χ2n) is 8.03. The van der Waals surface area contributed by atoms with Crippen LogP contribution in [0, 0.1) is 5.41 Å². The van der Waals surface area contributed by atoms with Crippen LogP contribution in [0.25, 0.3) is 10.9 Å². The molecular weight excluding hydrogens is 412 g/mol. The number of rotatable bonds is 12. The number of nitrogens with one attached hydrogen (secondary N) is 3. The number of anilines is 1. The third kappa shape index (κ3) is 6.40. The monoisotopic (exact) mass is 444 g/mol. The molecule has 0 fully saturated rings. The van der Waals surface area contributed by atoms with E-state index in [1.165, 1.54) is 7.11 Å². The Balaban J connectivity index is 2.21. The van der Waals surface area contributed by atoms with Crippen LogP contribution in [-0.2, 0) is 30.3 Å². The number of amides is 1. The molecule has 0 unspecified atom stereocenters. The SMILES string of the molecule is CO[C@@H](Cc1c[nH]c2cccc(N(C)C)c12)C(=O)N[C@@H](CCC(=O)C=N)C(=O)OC(C)C. The number of carbonyl (C=O) groups excluding carboxylic acids is 3. The molecule has 0 saturated carbocycles. The largest absolute Gasteiger partial charge is 0.461 e. The van der Waals surface area contributed by atoms with Crippen molar-refractivity contribution in [2.45, 2.75) is 51.4 Å². The van der Waals surface area contributed by atoms with Crippen molar-refractivity contribution >= 4 is 40.5 Å². The van der Waals surface area contributed by atoms with Gasteiger partial charge in [0.1, 0.15) is 12.1 Å². The van der Waals surface area contributed by atoms with Crippen molar-refractivity contribution in [2.24, 2.45) is 0 Å². The summed E-state index contributed by atoms with van der Waals surface area (Å²) < 4.78 is 10.7. The van der Waals surface area contributed by atoms with E-state index in [2.05, 4.69) is 10.3 Å². The van der Waals surface area contributed by atoms with Gasteiger partial charge in [-0.1, -0.05) is 6.07 Å². The van der Waals surface area contributed by atoms with Gasteiger partial charge >= 0.3 is 5.97 Å². The first-order chi connectivity index (χ1) is 15.2.